The predicted octanol–water partition coefficient (Wildman–Crippen LogP) is 2.16. The van der Waals surface area contributed by atoms with Gasteiger partial charge in [0, 0.05) is 17.2 Å². The SMILES string of the molecule is CC1(C)C(C#N)=C(SCC(=O)Nc2ccc3c(c2)OCCO3)NC(=O)[C@H]1C#N. The van der Waals surface area contributed by atoms with Gasteiger partial charge >= 0.3 is 0 Å². The van der Waals surface area contributed by atoms with E-state index in [1.807, 2.05) is 6.07 Å². The van der Waals surface area contributed by atoms with Crippen molar-refractivity contribution >= 4 is 29.3 Å². The van der Waals surface area contributed by atoms with Crippen molar-refractivity contribution in [3.05, 3.63) is 28.8 Å². The van der Waals surface area contributed by atoms with Crippen molar-refractivity contribution in [1.29, 1.82) is 10.5 Å². The number of thioether (sulfide) groups is 1. The molecule has 0 aliphatic carbocycles. The number of ether oxygens (including phenoxy) is 2. The zero-order chi connectivity index (χ0) is 20.3. The molecule has 2 N–H and O–H groups in total. The molecule has 2 aliphatic heterocycles. The van der Waals surface area contributed by atoms with Crippen molar-refractivity contribution in [2.45, 2.75) is 13.8 Å². The lowest BCUT2D eigenvalue weighted by Gasteiger charge is -2.34. The molecule has 0 saturated carbocycles. The van der Waals surface area contributed by atoms with Gasteiger partial charge in [-0.1, -0.05) is 25.6 Å². The summed E-state index contributed by atoms with van der Waals surface area (Å²) in [6, 6.07) is 9.12. The smallest absolute Gasteiger partial charge is 0.243 e. The predicted molar refractivity (Wildman–Crippen MR) is 102 cm³/mol. The lowest BCUT2D eigenvalue weighted by molar-refractivity contribution is -0.125. The van der Waals surface area contributed by atoms with Crippen LogP contribution in [0.5, 0.6) is 11.5 Å². The van der Waals surface area contributed by atoms with Crippen LogP contribution in [0, 0.1) is 34.0 Å². The first-order valence-corrected chi connectivity index (χ1v) is 9.53. The first-order chi connectivity index (χ1) is 13.4. The Kier molecular flexibility index (Phi) is 5.48. The number of carbonyl (C=O) groups is 2. The molecule has 2 aliphatic rings. The number of fused-ring (bicyclic) bond motifs is 1. The van der Waals surface area contributed by atoms with Crippen LogP contribution in [0.2, 0.25) is 0 Å². The third kappa shape index (κ3) is 3.75. The van der Waals surface area contributed by atoms with Gasteiger partial charge in [0.15, 0.2) is 11.5 Å². The van der Waals surface area contributed by atoms with Crippen LogP contribution >= 0.6 is 11.8 Å². The molecular formula is C19H18N4O4S. The number of benzene rings is 1. The van der Waals surface area contributed by atoms with Crippen LogP contribution in [0.15, 0.2) is 28.8 Å². The summed E-state index contributed by atoms with van der Waals surface area (Å²) in [5, 5.41) is 24.4. The van der Waals surface area contributed by atoms with Gasteiger partial charge in [-0.15, -0.1) is 0 Å². The van der Waals surface area contributed by atoms with Crippen molar-refractivity contribution in [3.8, 4) is 23.6 Å². The van der Waals surface area contributed by atoms with Crippen molar-refractivity contribution in [2.24, 2.45) is 11.3 Å². The van der Waals surface area contributed by atoms with E-state index in [0.29, 0.717) is 35.4 Å². The monoisotopic (exact) mass is 398 g/mol. The van der Waals surface area contributed by atoms with Crippen LogP contribution in [0.4, 0.5) is 5.69 Å². The van der Waals surface area contributed by atoms with Crippen molar-refractivity contribution in [2.75, 3.05) is 24.3 Å². The van der Waals surface area contributed by atoms with Crippen molar-refractivity contribution in [1.82, 2.24) is 5.32 Å². The second kappa shape index (κ2) is 7.83. The van der Waals surface area contributed by atoms with Gasteiger partial charge < -0.3 is 20.1 Å². The molecule has 1 atom stereocenters. The van der Waals surface area contributed by atoms with Crippen LogP contribution < -0.4 is 20.1 Å². The van der Waals surface area contributed by atoms with E-state index in [4.69, 9.17) is 9.47 Å². The summed E-state index contributed by atoms with van der Waals surface area (Å²) < 4.78 is 10.9. The minimum absolute atomic E-state index is 0.0114. The maximum Gasteiger partial charge on any atom is 0.243 e. The number of nitrogens with zero attached hydrogens (tertiary/aromatic N) is 2. The van der Waals surface area contributed by atoms with Crippen LogP contribution in [-0.4, -0.2) is 30.8 Å². The maximum absolute atomic E-state index is 12.3. The topological polar surface area (TPSA) is 124 Å². The molecule has 0 spiro atoms. The van der Waals surface area contributed by atoms with E-state index in [-0.39, 0.29) is 17.2 Å². The highest BCUT2D eigenvalue weighted by Gasteiger charge is 2.44. The van der Waals surface area contributed by atoms with Crippen molar-refractivity contribution in [3.63, 3.8) is 0 Å². The van der Waals surface area contributed by atoms with E-state index in [0.717, 1.165) is 11.8 Å². The Balaban J connectivity index is 1.68. The Morgan fingerprint density at radius 1 is 1.32 bits per heavy atom. The van der Waals surface area contributed by atoms with E-state index in [2.05, 4.69) is 16.7 Å². The van der Waals surface area contributed by atoms with Crippen LogP contribution in [0.3, 0.4) is 0 Å². The minimum atomic E-state index is -0.960. The average molecular weight is 398 g/mol. The lowest BCUT2D eigenvalue weighted by atomic mass is 9.72. The number of anilines is 1. The number of allylic oxidation sites excluding steroid dienone is 1. The zero-order valence-electron chi connectivity index (χ0n) is 15.4. The summed E-state index contributed by atoms with van der Waals surface area (Å²) >= 11 is 1.05. The molecule has 9 heteroatoms. The molecule has 3 rings (SSSR count). The molecule has 2 heterocycles. The molecule has 0 unspecified atom stereocenters. The Morgan fingerprint density at radius 3 is 2.71 bits per heavy atom. The van der Waals surface area contributed by atoms with Gasteiger partial charge in [-0.05, 0) is 12.1 Å². The summed E-state index contributed by atoms with van der Waals surface area (Å²) in [5.74, 6) is -0.556. The molecule has 1 aromatic rings. The third-order valence-electron chi connectivity index (χ3n) is 4.51. The van der Waals surface area contributed by atoms with Crippen molar-refractivity contribution < 1.29 is 19.1 Å². The van der Waals surface area contributed by atoms with Crippen LogP contribution in [-0.2, 0) is 9.59 Å². The highest BCUT2D eigenvalue weighted by atomic mass is 32.2. The number of carbonyl (C=O) groups excluding carboxylic acids is 2. The Hall–Kier alpha value is -3.17. The molecule has 8 nitrogen and oxygen atoms in total. The van der Waals surface area contributed by atoms with E-state index in [1.54, 1.807) is 32.0 Å². The maximum atomic E-state index is 12.3. The Labute approximate surface area is 166 Å². The second-order valence-corrected chi connectivity index (χ2v) is 7.77. The van der Waals surface area contributed by atoms with Gasteiger partial charge in [0.2, 0.25) is 11.8 Å². The van der Waals surface area contributed by atoms with Gasteiger partial charge in [-0.2, -0.15) is 10.5 Å². The molecule has 0 radical (unpaired) electrons. The molecular weight excluding hydrogens is 380 g/mol. The van der Waals surface area contributed by atoms with Gasteiger partial charge in [-0.3, -0.25) is 9.59 Å². The van der Waals surface area contributed by atoms with Gasteiger partial charge in [0.05, 0.1) is 28.5 Å². The second-order valence-electron chi connectivity index (χ2n) is 6.78. The average Bonchev–Trinajstić information content (AvgIpc) is 2.66. The highest BCUT2D eigenvalue weighted by molar-refractivity contribution is 8.03. The molecule has 0 saturated heterocycles. The third-order valence-corrected chi connectivity index (χ3v) is 5.51. The normalized spacial score (nSPS) is 19.9. The Bertz CT molecular complexity index is 942. The fraction of sp³-hybridized carbons (Fsp3) is 0.368. The summed E-state index contributed by atoms with van der Waals surface area (Å²) in [6.45, 7) is 4.28. The summed E-state index contributed by atoms with van der Waals surface area (Å²) in [5.41, 5.74) is -0.0850. The lowest BCUT2D eigenvalue weighted by Crippen LogP contribution is -2.44. The summed E-state index contributed by atoms with van der Waals surface area (Å²) in [7, 11) is 0. The first kappa shape index (κ1) is 19.6. The summed E-state index contributed by atoms with van der Waals surface area (Å²) in [6.07, 6.45) is 0. The number of hydrogen-bond donors (Lipinski definition) is 2. The quantitative estimate of drug-likeness (QED) is 0.796. The first-order valence-electron chi connectivity index (χ1n) is 8.54. The molecule has 0 aromatic heterocycles. The van der Waals surface area contributed by atoms with E-state index < -0.39 is 17.2 Å². The number of amides is 2. The van der Waals surface area contributed by atoms with Gasteiger partial charge in [-0.25, -0.2) is 0 Å². The number of hydrogen-bond acceptors (Lipinski definition) is 7. The molecule has 2 amide bonds. The summed E-state index contributed by atoms with van der Waals surface area (Å²) in [4.78, 5) is 24.5. The largest absolute Gasteiger partial charge is 0.486 e. The number of nitriles is 2. The van der Waals surface area contributed by atoms with Gasteiger partial charge in [0.1, 0.15) is 19.1 Å². The van der Waals surface area contributed by atoms with E-state index >= 15 is 0 Å². The van der Waals surface area contributed by atoms with Crippen LogP contribution in [0.1, 0.15) is 13.8 Å². The molecule has 0 bridgehead atoms. The van der Waals surface area contributed by atoms with E-state index in [1.165, 1.54) is 0 Å². The minimum Gasteiger partial charge on any atom is -0.486 e. The molecule has 1 aromatic carbocycles. The number of rotatable bonds is 4. The van der Waals surface area contributed by atoms with Gasteiger partial charge in [0.25, 0.3) is 0 Å². The Morgan fingerprint density at radius 2 is 2.04 bits per heavy atom. The van der Waals surface area contributed by atoms with E-state index in [9.17, 15) is 20.1 Å². The molecule has 144 valence electrons. The number of nitrogens with one attached hydrogen (secondary N) is 2. The van der Waals surface area contributed by atoms with Crippen LogP contribution in [0.25, 0.3) is 0 Å². The standard InChI is InChI=1S/C19H18N4O4S/c1-19(2)12(8-20)17(25)23-18(13(19)9-21)28-10-16(24)22-11-3-4-14-15(7-11)27-6-5-26-14/h3-4,7,12H,5-6,10H2,1-2H3,(H,22,24)(H,23,25)/t12-/m1/s1. The molecule has 28 heavy (non-hydrogen) atoms. The highest BCUT2D eigenvalue weighted by Crippen LogP contribution is 2.41. The fourth-order valence-electron chi connectivity index (χ4n) is 2.99. The fourth-order valence-corrected chi connectivity index (χ4v) is 3.96. The zero-order valence-corrected chi connectivity index (χ0v) is 16.2. The molecule has 0 fully saturated rings.